The fraction of sp³-hybridized carbons (Fsp3) is 0.944. The lowest BCUT2D eigenvalue weighted by atomic mass is 9.57. The maximum atomic E-state index is 5.88. The first-order valence-electron chi connectivity index (χ1n) is 9.34. The molecule has 1 aliphatic carbocycles. The first-order chi connectivity index (χ1) is 11.5. The lowest BCUT2D eigenvalue weighted by molar-refractivity contribution is -0.106. The van der Waals surface area contributed by atoms with Crippen molar-refractivity contribution in [3.05, 3.63) is 0 Å². The van der Waals surface area contributed by atoms with Crippen LogP contribution < -0.4 is 10.6 Å². The third-order valence-corrected chi connectivity index (χ3v) is 5.38. The van der Waals surface area contributed by atoms with Crippen molar-refractivity contribution >= 4 is 29.9 Å². The summed E-state index contributed by atoms with van der Waals surface area (Å²) in [5.41, 5.74) is 0.175. The van der Waals surface area contributed by atoms with Crippen molar-refractivity contribution in [3.63, 3.8) is 0 Å². The third kappa shape index (κ3) is 5.94. The minimum atomic E-state index is 0. The number of halogens is 1. The fourth-order valence-corrected chi connectivity index (χ4v) is 4.01. The molecule has 1 heterocycles. The summed E-state index contributed by atoms with van der Waals surface area (Å²) in [5.74, 6) is 1.56. The maximum Gasteiger partial charge on any atom is 0.191 e. The predicted octanol–water partition coefficient (Wildman–Crippen LogP) is 1.94. The van der Waals surface area contributed by atoms with E-state index in [4.69, 9.17) is 14.5 Å². The van der Waals surface area contributed by atoms with E-state index < -0.39 is 0 Å². The van der Waals surface area contributed by atoms with Crippen molar-refractivity contribution in [3.8, 4) is 0 Å². The summed E-state index contributed by atoms with van der Waals surface area (Å²) in [6.45, 7) is 12.1. The van der Waals surface area contributed by atoms with Crippen LogP contribution in [-0.4, -0.2) is 76.6 Å². The molecule has 148 valence electrons. The van der Waals surface area contributed by atoms with E-state index in [-0.39, 0.29) is 29.4 Å². The Labute approximate surface area is 170 Å². The number of methoxy groups -OCH3 is 1. The lowest BCUT2D eigenvalue weighted by Gasteiger charge is -2.54. The summed E-state index contributed by atoms with van der Waals surface area (Å²) < 4.78 is 11.0. The van der Waals surface area contributed by atoms with Crippen LogP contribution in [0.5, 0.6) is 0 Å². The van der Waals surface area contributed by atoms with Crippen LogP contribution in [0.1, 0.15) is 33.6 Å². The minimum absolute atomic E-state index is 0. The third-order valence-electron chi connectivity index (χ3n) is 5.38. The molecule has 0 radical (unpaired) electrons. The van der Waals surface area contributed by atoms with Gasteiger partial charge in [-0.05, 0) is 26.8 Å². The molecule has 0 aromatic carbocycles. The quantitative estimate of drug-likeness (QED) is 0.235. The molecular weight excluding hydrogens is 431 g/mol. The molecule has 3 atom stereocenters. The van der Waals surface area contributed by atoms with Crippen LogP contribution in [0.4, 0.5) is 0 Å². The molecule has 6 nitrogen and oxygen atoms in total. The van der Waals surface area contributed by atoms with Gasteiger partial charge in [0.25, 0.3) is 0 Å². The highest BCUT2D eigenvalue weighted by atomic mass is 127. The molecule has 0 spiro atoms. The Morgan fingerprint density at radius 2 is 2.12 bits per heavy atom. The van der Waals surface area contributed by atoms with Gasteiger partial charge in [0.1, 0.15) is 0 Å². The second-order valence-corrected chi connectivity index (χ2v) is 7.60. The van der Waals surface area contributed by atoms with Crippen molar-refractivity contribution in [2.45, 2.75) is 45.8 Å². The number of ether oxygens (including phenoxy) is 2. The highest BCUT2D eigenvalue weighted by molar-refractivity contribution is 14.0. The summed E-state index contributed by atoms with van der Waals surface area (Å²) in [7, 11) is 3.89. The van der Waals surface area contributed by atoms with E-state index >= 15 is 0 Å². The summed E-state index contributed by atoms with van der Waals surface area (Å²) >= 11 is 0. The van der Waals surface area contributed by atoms with Crippen molar-refractivity contribution in [1.82, 2.24) is 15.5 Å². The van der Waals surface area contributed by atoms with Gasteiger partial charge in [0, 0.05) is 57.3 Å². The first-order valence-corrected chi connectivity index (χ1v) is 9.34. The van der Waals surface area contributed by atoms with Gasteiger partial charge < -0.3 is 25.0 Å². The Balaban J connectivity index is 0.00000312. The Kier molecular flexibility index (Phi) is 9.98. The molecule has 2 rings (SSSR count). The molecule has 7 heteroatoms. The average Bonchev–Trinajstić information content (AvgIpc) is 2.99. The second kappa shape index (κ2) is 10.9. The number of guanidine groups is 1. The monoisotopic (exact) mass is 468 g/mol. The van der Waals surface area contributed by atoms with Gasteiger partial charge in [-0.1, -0.05) is 13.8 Å². The topological polar surface area (TPSA) is 58.1 Å². The average molecular weight is 468 g/mol. The summed E-state index contributed by atoms with van der Waals surface area (Å²) in [6, 6.07) is 0.447. The highest BCUT2D eigenvalue weighted by Gasteiger charge is 2.59. The van der Waals surface area contributed by atoms with Gasteiger partial charge in [-0.3, -0.25) is 4.99 Å². The summed E-state index contributed by atoms with van der Waals surface area (Å²) in [4.78, 5) is 7.07. The number of nitrogens with zero attached hydrogens (tertiary/aromatic N) is 2. The molecule has 1 saturated heterocycles. The standard InChI is InChI=1S/C18H36N4O2.HI/c1-6-19-17(20-9-11-22(4)10-7-12-23-5)21-15-14-8-13-24-16(14)18(15,2)3;/h14-16H,6-13H2,1-5H3,(H2,19,20,21);1H. The van der Waals surface area contributed by atoms with Crippen LogP contribution in [0, 0.1) is 11.3 Å². The Hall–Kier alpha value is -0.120. The molecule has 0 bridgehead atoms. The SMILES string of the molecule is CCNC(=NCCN(C)CCCOC)NC1C2CCOC2C1(C)C.I. The molecule has 0 aromatic rings. The molecule has 1 saturated carbocycles. The number of fused-ring (bicyclic) bond motifs is 1. The number of hydrogen-bond donors (Lipinski definition) is 2. The van der Waals surface area contributed by atoms with E-state index in [9.17, 15) is 0 Å². The first kappa shape index (κ1) is 22.9. The van der Waals surface area contributed by atoms with Gasteiger partial charge in [-0.2, -0.15) is 0 Å². The van der Waals surface area contributed by atoms with E-state index in [1.165, 1.54) is 0 Å². The van der Waals surface area contributed by atoms with E-state index in [1.54, 1.807) is 7.11 Å². The number of hydrogen-bond acceptors (Lipinski definition) is 4. The molecule has 2 fully saturated rings. The van der Waals surface area contributed by atoms with Crippen molar-refractivity contribution < 1.29 is 9.47 Å². The molecule has 3 unspecified atom stereocenters. The predicted molar refractivity (Wildman–Crippen MR) is 114 cm³/mol. The fourth-order valence-electron chi connectivity index (χ4n) is 4.01. The van der Waals surface area contributed by atoms with Crippen molar-refractivity contribution in [2.24, 2.45) is 16.3 Å². The zero-order chi connectivity index (χ0) is 17.6. The number of likely N-dealkylation sites (N-methyl/N-ethyl adjacent to an activating group) is 1. The van der Waals surface area contributed by atoms with Crippen molar-refractivity contribution in [1.29, 1.82) is 0 Å². The Morgan fingerprint density at radius 1 is 1.36 bits per heavy atom. The van der Waals surface area contributed by atoms with Crippen LogP contribution in [0.2, 0.25) is 0 Å². The van der Waals surface area contributed by atoms with Crippen LogP contribution in [0.15, 0.2) is 4.99 Å². The molecule has 2 N–H and O–H groups in total. The van der Waals surface area contributed by atoms with Gasteiger partial charge in [0.15, 0.2) is 5.96 Å². The molecular formula is C18H37IN4O2. The van der Waals surface area contributed by atoms with E-state index in [1.807, 2.05) is 0 Å². The Morgan fingerprint density at radius 3 is 2.80 bits per heavy atom. The van der Waals surface area contributed by atoms with Crippen molar-refractivity contribution in [2.75, 3.05) is 53.6 Å². The van der Waals surface area contributed by atoms with E-state index in [2.05, 4.69) is 43.4 Å². The van der Waals surface area contributed by atoms with E-state index in [0.29, 0.717) is 18.1 Å². The zero-order valence-electron chi connectivity index (χ0n) is 16.5. The minimum Gasteiger partial charge on any atom is -0.385 e. The molecule has 0 amide bonds. The second-order valence-electron chi connectivity index (χ2n) is 7.60. The smallest absolute Gasteiger partial charge is 0.191 e. The normalized spacial score (nSPS) is 27.4. The molecule has 25 heavy (non-hydrogen) atoms. The number of rotatable bonds is 9. The molecule has 0 aromatic heterocycles. The van der Waals surface area contributed by atoms with Gasteiger partial charge in [0.05, 0.1) is 12.6 Å². The van der Waals surface area contributed by atoms with Gasteiger partial charge in [-0.25, -0.2) is 0 Å². The van der Waals surface area contributed by atoms with Crippen LogP contribution in [-0.2, 0) is 9.47 Å². The summed E-state index contributed by atoms with van der Waals surface area (Å²) in [5, 5.41) is 7.05. The van der Waals surface area contributed by atoms with Gasteiger partial charge in [-0.15, -0.1) is 24.0 Å². The zero-order valence-corrected chi connectivity index (χ0v) is 18.8. The number of nitrogens with one attached hydrogen (secondary N) is 2. The van der Waals surface area contributed by atoms with Gasteiger partial charge >= 0.3 is 0 Å². The van der Waals surface area contributed by atoms with Crippen LogP contribution in [0.25, 0.3) is 0 Å². The van der Waals surface area contributed by atoms with E-state index in [0.717, 1.165) is 58.2 Å². The lowest BCUT2D eigenvalue weighted by Crippen LogP contribution is -2.68. The maximum absolute atomic E-state index is 5.88. The van der Waals surface area contributed by atoms with Crippen LogP contribution >= 0.6 is 24.0 Å². The molecule has 2 aliphatic rings. The Bertz CT molecular complexity index is 420. The highest BCUT2D eigenvalue weighted by Crippen LogP contribution is 2.52. The van der Waals surface area contributed by atoms with Gasteiger partial charge in [0.2, 0.25) is 0 Å². The molecule has 1 aliphatic heterocycles. The largest absolute Gasteiger partial charge is 0.385 e. The summed E-state index contributed by atoms with van der Waals surface area (Å²) in [6.07, 6.45) is 2.63. The number of aliphatic imine (C=N–C) groups is 1. The van der Waals surface area contributed by atoms with Crippen LogP contribution in [0.3, 0.4) is 0 Å².